The Morgan fingerprint density at radius 2 is 1.18 bits per heavy atom. The monoisotopic (exact) mass is 222 g/mol. The average Bonchev–Trinajstić information content (AvgIpc) is 1.19. The van der Waals surface area contributed by atoms with Crippen LogP contribution in [0.2, 0.25) is 0 Å². The van der Waals surface area contributed by atoms with E-state index in [4.69, 9.17) is 21.0 Å². The summed E-state index contributed by atoms with van der Waals surface area (Å²) < 4.78 is 34.4. The quantitative estimate of drug-likeness (QED) is 0.410. The van der Waals surface area contributed by atoms with Crippen LogP contribution < -0.4 is 67.4 Å². The van der Waals surface area contributed by atoms with Crippen molar-refractivity contribution in [1.29, 1.82) is 0 Å². The van der Waals surface area contributed by atoms with Crippen molar-refractivity contribution in [2.75, 3.05) is 0 Å². The summed E-state index contributed by atoms with van der Waals surface area (Å²) in [4.78, 5) is 0. The van der Waals surface area contributed by atoms with Gasteiger partial charge in [-0.15, -0.1) is 0 Å². The third-order valence-electron chi connectivity index (χ3n) is 0. The van der Waals surface area contributed by atoms with E-state index in [1.54, 1.807) is 13.8 Å². The molecule has 0 saturated carbocycles. The molecular weight excluding hydrogens is 214 g/mol. The molecule has 11 heavy (non-hydrogen) atoms. The van der Waals surface area contributed by atoms with E-state index in [1.807, 2.05) is 0 Å². The molecule has 0 atom stereocenters. The van der Waals surface area contributed by atoms with E-state index >= 15 is 0 Å². The number of rotatable bonds is 0. The Labute approximate surface area is 112 Å². The minimum atomic E-state index is -5.75. The normalized spacial score (nSPS) is 8.55. The van der Waals surface area contributed by atoms with Gasteiger partial charge in [-0.3, -0.25) is 0 Å². The predicted molar refractivity (Wildman–Crippen MR) is 18.7 cm³/mol. The molecular formula is C3H8CrNa2O5. The summed E-state index contributed by atoms with van der Waals surface area (Å²) in [6.07, 6.45) is -0.167. The molecule has 5 nitrogen and oxygen atoms in total. The van der Waals surface area contributed by atoms with E-state index in [2.05, 4.69) is 0 Å². The van der Waals surface area contributed by atoms with E-state index in [0.29, 0.717) is 0 Å². The van der Waals surface area contributed by atoms with Crippen molar-refractivity contribution < 1.29 is 93.8 Å². The summed E-state index contributed by atoms with van der Waals surface area (Å²) in [5.74, 6) is 0. The number of aliphatic hydroxyl groups excluding tert-OH is 1. The van der Waals surface area contributed by atoms with Crippen molar-refractivity contribution in [3.63, 3.8) is 0 Å². The molecule has 0 rings (SSSR count). The molecule has 0 fully saturated rings. The molecule has 0 aromatic carbocycles. The first kappa shape index (κ1) is 23.1. The van der Waals surface area contributed by atoms with Gasteiger partial charge in [0.15, 0.2) is 0 Å². The van der Waals surface area contributed by atoms with Gasteiger partial charge in [0.1, 0.15) is 0 Å². The number of hydrogen-bond donors (Lipinski definition) is 1. The third-order valence-corrected chi connectivity index (χ3v) is 0. The molecule has 0 bridgehead atoms. The fourth-order valence-corrected chi connectivity index (χ4v) is 0. The van der Waals surface area contributed by atoms with Crippen LogP contribution in [0, 0.1) is 0 Å². The molecule has 0 amide bonds. The molecule has 0 spiro atoms. The summed E-state index contributed by atoms with van der Waals surface area (Å²) in [6.45, 7) is 3.44. The molecule has 0 aromatic rings. The van der Waals surface area contributed by atoms with Crippen LogP contribution in [-0.4, -0.2) is 11.2 Å². The topological polar surface area (TPSA) is 100 Å². The second-order valence-electron chi connectivity index (χ2n) is 1.50. The van der Waals surface area contributed by atoms with Crippen LogP contribution >= 0.6 is 0 Å². The van der Waals surface area contributed by atoms with Crippen molar-refractivity contribution in [1.82, 2.24) is 0 Å². The van der Waals surface area contributed by atoms with Gasteiger partial charge in [0, 0.05) is 6.10 Å². The Bertz CT molecular complexity index is 131. The van der Waals surface area contributed by atoms with Crippen molar-refractivity contribution in [3.05, 3.63) is 0 Å². The molecule has 0 aliphatic rings. The number of aliphatic hydroxyl groups is 1. The zero-order chi connectivity index (χ0) is 8.08. The van der Waals surface area contributed by atoms with Gasteiger partial charge in [-0.25, -0.2) is 0 Å². The predicted octanol–water partition coefficient (Wildman–Crippen LogP) is -8.22. The van der Waals surface area contributed by atoms with E-state index < -0.39 is 13.6 Å². The van der Waals surface area contributed by atoms with Gasteiger partial charge in [-0.2, -0.15) is 0 Å². The summed E-state index contributed by atoms with van der Waals surface area (Å²) >= 11 is -5.75. The Hall–Kier alpha value is 2.01. The van der Waals surface area contributed by atoms with E-state index in [1.165, 1.54) is 0 Å². The SMILES string of the molecule is CC(C)O.[Na+].[Na+].[O]=[Cr](=[O])([O-])[O-]. The summed E-state index contributed by atoms with van der Waals surface area (Å²) in [5.41, 5.74) is 0. The van der Waals surface area contributed by atoms with Gasteiger partial charge in [-0.1, -0.05) is 0 Å². The van der Waals surface area contributed by atoms with Crippen molar-refractivity contribution in [3.8, 4) is 0 Å². The summed E-state index contributed by atoms with van der Waals surface area (Å²) in [5, 5.41) is 8.06. The van der Waals surface area contributed by atoms with Gasteiger partial charge in [0.25, 0.3) is 0 Å². The average molecular weight is 222 g/mol. The van der Waals surface area contributed by atoms with Gasteiger partial charge in [-0.05, 0) is 13.8 Å². The molecule has 0 radical (unpaired) electrons. The maximum absolute atomic E-state index is 8.59. The Balaban J connectivity index is -0.0000000383. The second kappa shape index (κ2) is 12.0. The molecule has 0 heterocycles. The number of hydrogen-bond acceptors (Lipinski definition) is 5. The van der Waals surface area contributed by atoms with Gasteiger partial charge >= 0.3 is 88.7 Å². The molecule has 0 unspecified atom stereocenters. The van der Waals surface area contributed by atoms with E-state index in [0.717, 1.165) is 0 Å². The van der Waals surface area contributed by atoms with Crippen molar-refractivity contribution in [2.45, 2.75) is 20.0 Å². The molecule has 1 N–H and O–H groups in total. The summed E-state index contributed by atoms with van der Waals surface area (Å²) in [6, 6.07) is 0. The maximum atomic E-state index is 8.59. The van der Waals surface area contributed by atoms with Crippen LogP contribution in [0.25, 0.3) is 0 Å². The van der Waals surface area contributed by atoms with Gasteiger partial charge < -0.3 is 5.11 Å². The van der Waals surface area contributed by atoms with Crippen LogP contribution in [-0.2, 0) is 21.2 Å². The molecule has 0 aliphatic heterocycles. The fourth-order valence-electron chi connectivity index (χ4n) is 0. The molecule has 8 heteroatoms. The standard InChI is InChI=1S/C3H8O.Cr.2Na.4O/c1-3(2)4;;;;;;;/h3-4H,1-2H3;;;;;;;/q;;2*+1;;;2*-1. The van der Waals surface area contributed by atoms with Crippen molar-refractivity contribution >= 4 is 0 Å². The first-order chi connectivity index (χ1) is 3.73. The van der Waals surface area contributed by atoms with Crippen LogP contribution in [0.1, 0.15) is 13.8 Å². The molecule has 0 saturated heterocycles. The first-order valence-corrected chi connectivity index (χ1v) is 4.16. The minimum absolute atomic E-state index is 0. The molecule has 58 valence electrons. The fraction of sp³-hybridized carbons (Fsp3) is 1.00. The van der Waals surface area contributed by atoms with Crippen LogP contribution in [0.5, 0.6) is 0 Å². The molecule has 0 aromatic heterocycles. The van der Waals surface area contributed by atoms with Gasteiger partial charge in [0.05, 0.1) is 0 Å². The molecule has 0 aliphatic carbocycles. The van der Waals surface area contributed by atoms with Crippen LogP contribution in [0.15, 0.2) is 0 Å². The Kier molecular flexibility index (Phi) is 25.2. The zero-order valence-corrected chi connectivity index (χ0v) is 12.3. The van der Waals surface area contributed by atoms with Crippen LogP contribution in [0.3, 0.4) is 0 Å². The Morgan fingerprint density at radius 1 is 1.18 bits per heavy atom. The zero-order valence-electron chi connectivity index (χ0n) is 7.07. The first-order valence-electron chi connectivity index (χ1n) is 2.08. The van der Waals surface area contributed by atoms with Gasteiger partial charge in [0.2, 0.25) is 0 Å². The van der Waals surface area contributed by atoms with Crippen LogP contribution in [0.4, 0.5) is 0 Å². The van der Waals surface area contributed by atoms with E-state index in [-0.39, 0.29) is 65.2 Å². The summed E-state index contributed by atoms with van der Waals surface area (Å²) in [7, 11) is 0. The van der Waals surface area contributed by atoms with E-state index in [9.17, 15) is 0 Å². The van der Waals surface area contributed by atoms with Crippen molar-refractivity contribution in [2.24, 2.45) is 0 Å². The second-order valence-corrected chi connectivity index (χ2v) is 2.78. The Morgan fingerprint density at radius 3 is 1.18 bits per heavy atom. The third kappa shape index (κ3) is 297.